The van der Waals surface area contributed by atoms with Gasteiger partial charge in [0.25, 0.3) is 0 Å². The van der Waals surface area contributed by atoms with Crippen LogP contribution in [-0.2, 0) is 19.7 Å². The highest BCUT2D eigenvalue weighted by atomic mass is 16.5. The first kappa shape index (κ1) is 31.1. The van der Waals surface area contributed by atoms with E-state index in [1.807, 2.05) is 24.3 Å². The van der Waals surface area contributed by atoms with Crippen molar-refractivity contribution in [2.45, 2.75) is 33.1 Å². The molecule has 2 aromatic rings. The summed E-state index contributed by atoms with van der Waals surface area (Å²) in [5.41, 5.74) is 2.49. The predicted octanol–water partition coefficient (Wildman–Crippen LogP) is 3.47. The lowest BCUT2D eigenvalue weighted by Gasteiger charge is -2.26. The molecule has 0 bridgehead atoms. The summed E-state index contributed by atoms with van der Waals surface area (Å²) < 4.78 is 9.75. The number of aliphatic hydroxyl groups is 2. The van der Waals surface area contributed by atoms with Crippen molar-refractivity contribution in [1.82, 2.24) is 0 Å². The molecule has 34 heavy (non-hydrogen) atoms. The van der Waals surface area contributed by atoms with E-state index in [1.165, 1.54) is 0 Å². The SMILES string of the molecule is CC(C)(c1ccc(O)cc1)c1ccc(O)cc1.CC=C(C)C(=O)O.OCCOCCOCCO. The van der Waals surface area contributed by atoms with E-state index in [0.717, 1.165) is 11.1 Å². The van der Waals surface area contributed by atoms with Crippen LogP contribution in [0.1, 0.15) is 38.8 Å². The van der Waals surface area contributed by atoms with Gasteiger partial charge in [0.15, 0.2) is 0 Å². The Balaban J connectivity index is 0.000000546. The number of carboxylic acid groups (broad SMARTS) is 1. The van der Waals surface area contributed by atoms with Gasteiger partial charge in [0.2, 0.25) is 0 Å². The van der Waals surface area contributed by atoms with Gasteiger partial charge in [-0.3, -0.25) is 0 Å². The van der Waals surface area contributed by atoms with Crippen LogP contribution in [0, 0.1) is 0 Å². The first-order valence-corrected chi connectivity index (χ1v) is 10.9. The molecule has 0 aromatic heterocycles. The first-order valence-electron chi connectivity index (χ1n) is 10.9. The molecule has 0 aliphatic carbocycles. The maximum atomic E-state index is 9.86. The molecule has 190 valence electrons. The number of carboxylic acids is 1. The van der Waals surface area contributed by atoms with Crippen LogP contribution in [0.25, 0.3) is 0 Å². The second-order valence-electron chi connectivity index (χ2n) is 7.67. The van der Waals surface area contributed by atoms with E-state index in [9.17, 15) is 15.0 Å². The number of phenolic OH excluding ortho intramolecular Hbond substituents is 2. The van der Waals surface area contributed by atoms with Crippen molar-refractivity contribution in [3.8, 4) is 11.5 Å². The number of hydrogen-bond acceptors (Lipinski definition) is 7. The number of hydrogen-bond donors (Lipinski definition) is 5. The zero-order valence-corrected chi connectivity index (χ0v) is 20.4. The summed E-state index contributed by atoms with van der Waals surface area (Å²) in [7, 11) is 0. The Morgan fingerprint density at radius 2 is 1.15 bits per heavy atom. The van der Waals surface area contributed by atoms with E-state index >= 15 is 0 Å². The number of carbonyl (C=O) groups is 1. The molecule has 2 rings (SSSR count). The van der Waals surface area contributed by atoms with Gasteiger partial charge in [-0.2, -0.15) is 0 Å². The highest BCUT2D eigenvalue weighted by molar-refractivity contribution is 5.85. The Morgan fingerprint density at radius 3 is 1.38 bits per heavy atom. The van der Waals surface area contributed by atoms with Crippen LogP contribution < -0.4 is 0 Å². The van der Waals surface area contributed by atoms with Crippen molar-refractivity contribution in [2.75, 3.05) is 39.6 Å². The molecule has 0 fully saturated rings. The molecule has 0 unspecified atom stereocenters. The lowest BCUT2D eigenvalue weighted by Crippen LogP contribution is -2.18. The van der Waals surface area contributed by atoms with Crippen LogP contribution in [0.3, 0.4) is 0 Å². The predicted molar refractivity (Wildman–Crippen MR) is 131 cm³/mol. The van der Waals surface area contributed by atoms with Crippen molar-refractivity contribution in [1.29, 1.82) is 0 Å². The van der Waals surface area contributed by atoms with E-state index in [4.69, 9.17) is 24.8 Å². The van der Waals surface area contributed by atoms with Gasteiger partial charge in [-0.25, -0.2) is 4.79 Å². The molecule has 0 radical (unpaired) electrons. The van der Waals surface area contributed by atoms with E-state index in [0.29, 0.717) is 32.0 Å². The van der Waals surface area contributed by atoms with Crippen molar-refractivity contribution < 1.29 is 39.8 Å². The van der Waals surface area contributed by atoms with E-state index < -0.39 is 5.97 Å². The molecule has 0 saturated carbocycles. The molecule has 0 heterocycles. The number of rotatable bonds is 10. The van der Waals surface area contributed by atoms with Crippen LogP contribution >= 0.6 is 0 Å². The molecule has 8 heteroatoms. The zero-order valence-electron chi connectivity index (χ0n) is 20.4. The first-order chi connectivity index (χ1) is 16.1. The minimum absolute atomic E-state index is 0.0417. The summed E-state index contributed by atoms with van der Waals surface area (Å²) in [6.45, 7) is 9.22. The van der Waals surface area contributed by atoms with Crippen molar-refractivity contribution in [2.24, 2.45) is 0 Å². The summed E-state index contributed by atoms with van der Waals surface area (Å²) in [6.07, 6.45) is 1.56. The Labute approximate surface area is 201 Å². The van der Waals surface area contributed by atoms with Crippen molar-refractivity contribution in [3.63, 3.8) is 0 Å². The maximum absolute atomic E-state index is 9.86. The number of phenols is 2. The Morgan fingerprint density at radius 1 is 0.794 bits per heavy atom. The molecule has 8 nitrogen and oxygen atoms in total. The average Bonchev–Trinajstić information content (AvgIpc) is 2.82. The minimum atomic E-state index is -0.845. The number of aliphatic carboxylic acids is 1. The molecular weight excluding hydrogens is 440 g/mol. The second kappa shape index (κ2) is 17.6. The smallest absolute Gasteiger partial charge is 0.330 e. The Kier molecular flexibility index (Phi) is 16.0. The average molecular weight is 479 g/mol. The van der Waals surface area contributed by atoms with Gasteiger partial charge in [-0.05, 0) is 49.2 Å². The van der Waals surface area contributed by atoms with E-state index in [1.54, 1.807) is 44.2 Å². The molecule has 0 aliphatic heterocycles. The van der Waals surface area contributed by atoms with Gasteiger partial charge in [0, 0.05) is 11.0 Å². The fraction of sp³-hybridized carbons (Fsp3) is 0.423. The standard InChI is InChI=1S/C15H16O2.C6H14O4.C5H8O2/c1-15(2,11-3-7-13(16)8-4-11)12-5-9-14(17)10-6-12;7-1-3-9-5-6-10-4-2-8;1-3-4(2)5(6)7/h3-10,16-17H,1-2H3;7-8H,1-6H2;3H,1-2H3,(H,6,7). The van der Waals surface area contributed by atoms with Gasteiger partial charge in [0.1, 0.15) is 11.5 Å². The quantitative estimate of drug-likeness (QED) is 0.259. The van der Waals surface area contributed by atoms with Gasteiger partial charge < -0.3 is 35.0 Å². The largest absolute Gasteiger partial charge is 0.508 e. The minimum Gasteiger partial charge on any atom is -0.508 e. The van der Waals surface area contributed by atoms with Crippen molar-refractivity contribution in [3.05, 3.63) is 71.3 Å². The van der Waals surface area contributed by atoms with Crippen molar-refractivity contribution >= 4 is 5.97 Å². The fourth-order valence-electron chi connectivity index (χ4n) is 2.50. The van der Waals surface area contributed by atoms with Crippen LogP contribution in [0.4, 0.5) is 0 Å². The lowest BCUT2D eigenvalue weighted by molar-refractivity contribution is -0.132. The summed E-state index contributed by atoms with van der Waals surface area (Å²) in [5, 5.41) is 43.2. The van der Waals surface area contributed by atoms with Crippen LogP contribution in [0.15, 0.2) is 60.2 Å². The molecular formula is C26H38O8. The third-order valence-corrected chi connectivity index (χ3v) is 4.79. The summed E-state index contributed by atoms with van der Waals surface area (Å²) >= 11 is 0. The molecule has 5 N–H and O–H groups in total. The van der Waals surface area contributed by atoms with Gasteiger partial charge in [-0.15, -0.1) is 0 Å². The fourth-order valence-corrected chi connectivity index (χ4v) is 2.50. The monoisotopic (exact) mass is 478 g/mol. The normalized spacial score (nSPS) is 11.1. The van der Waals surface area contributed by atoms with Gasteiger partial charge in [-0.1, -0.05) is 44.2 Å². The van der Waals surface area contributed by atoms with Gasteiger partial charge in [0.05, 0.1) is 39.6 Å². The molecule has 0 atom stereocenters. The second-order valence-corrected chi connectivity index (χ2v) is 7.67. The highest BCUT2D eigenvalue weighted by Gasteiger charge is 2.22. The molecule has 0 spiro atoms. The molecule has 0 amide bonds. The Hall–Kier alpha value is -2.91. The number of aliphatic hydroxyl groups excluding tert-OH is 2. The molecule has 0 aliphatic rings. The van der Waals surface area contributed by atoms with Crippen LogP contribution in [0.2, 0.25) is 0 Å². The maximum Gasteiger partial charge on any atom is 0.330 e. The summed E-state index contributed by atoms with van der Waals surface area (Å²) in [5.74, 6) is -0.298. The number of aromatic hydroxyl groups is 2. The van der Waals surface area contributed by atoms with E-state index in [-0.39, 0.29) is 30.1 Å². The van der Waals surface area contributed by atoms with Crippen LogP contribution in [0.5, 0.6) is 11.5 Å². The van der Waals surface area contributed by atoms with Gasteiger partial charge >= 0.3 is 5.97 Å². The zero-order chi connectivity index (χ0) is 26.0. The number of ether oxygens (including phenoxy) is 2. The third kappa shape index (κ3) is 13.0. The summed E-state index contributed by atoms with van der Waals surface area (Å²) in [4.78, 5) is 9.86. The van der Waals surface area contributed by atoms with Crippen LogP contribution in [-0.4, -0.2) is 71.1 Å². The highest BCUT2D eigenvalue weighted by Crippen LogP contribution is 2.32. The topological polar surface area (TPSA) is 137 Å². The molecule has 0 saturated heterocycles. The Bertz CT molecular complexity index is 771. The molecule has 2 aromatic carbocycles. The third-order valence-electron chi connectivity index (χ3n) is 4.79. The summed E-state index contributed by atoms with van der Waals surface area (Å²) in [6, 6.07) is 14.4. The lowest BCUT2D eigenvalue weighted by atomic mass is 9.78. The number of benzene rings is 2. The van der Waals surface area contributed by atoms with E-state index in [2.05, 4.69) is 13.8 Å². The number of allylic oxidation sites excluding steroid dienone is 1.